The van der Waals surface area contributed by atoms with Gasteiger partial charge in [0.1, 0.15) is 0 Å². The fraction of sp³-hybridized carbons (Fsp3) is 0.571. The van der Waals surface area contributed by atoms with Gasteiger partial charge in [0.05, 0.1) is 6.54 Å². The zero-order chi connectivity index (χ0) is 9.84. The number of amides is 1. The van der Waals surface area contributed by atoms with Gasteiger partial charge in [0.15, 0.2) is 11.0 Å². The van der Waals surface area contributed by atoms with Gasteiger partial charge < -0.3 is 9.88 Å². The minimum absolute atomic E-state index is 0.0614. The summed E-state index contributed by atoms with van der Waals surface area (Å²) in [6.45, 7) is 1.91. The van der Waals surface area contributed by atoms with E-state index in [9.17, 15) is 4.79 Å². The smallest absolute Gasteiger partial charge is 0.217 e. The summed E-state index contributed by atoms with van der Waals surface area (Å²) in [6.07, 6.45) is 1.94. The van der Waals surface area contributed by atoms with Gasteiger partial charge in [-0.15, -0.1) is 10.2 Å². The lowest BCUT2D eigenvalue weighted by Crippen LogP contribution is -2.21. The first-order valence-electron chi connectivity index (χ1n) is 3.82. The zero-order valence-corrected chi connectivity index (χ0v) is 8.68. The lowest BCUT2D eigenvalue weighted by Gasteiger charge is -2.01. The molecule has 0 fully saturated rings. The summed E-state index contributed by atoms with van der Waals surface area (Å²) in [5.74, 6) is 0.702. The predicted molar refractivity (Wildman–Crippen MR) is 50.3 cm³/mol. The van der Waals surface area contributed by atoms with E-state index in [1.807, 2.05) is 17.9 Å². The fourth-order valence-electron chi connectivity index (χ4n) is 0.880. The number of aromatic nitrogens is 3. The van der Waals surface area contributed by atoms with Crippen LogP contribution in [0.25, 0.3) is 0 Å². The summed E-state index contributed by atoms with van der Waals surface area (Å²) >= 11 is 1.53. The van der Waals surface area contributed by atoms with Crippen LogP contribution in [0.1, 0.15) is 12.7 Å². The first kappa shape index (κ1) is 10.0. The van der Waals surface area contributed by atoms with E-state index in [2.05, 4.69) is 15.5 Å². The second-order valence-corrected chi connectivity index (χ2v) is 3.35. The van der Waals surface area contributed by atoms with Gasteiger partial charge in [0.2, 0.25) is 5.91 Å². The summed E-state index contributed by atoms with van der Waals surface area (Å²) in [7, 11) is 1.88. The van der Waals surface area contributed by atoms with Crippen molar-refractivity contribution in [3.05, 3.63) is 5.82 Å². The molecular formula is C7H12N4OS. The molecule has 0 spiro atoms. The Kier molecular flexibility index (Phi) is 3.30. The Morgan fingerprint density at radius 3 is 2.77 bits per heavy atom. The average molecular weight is 200 g/mol. The van der Waals surface area contributed by atoms with Crippen molar-refractivity contribution in [3.8, 4) is 0 Å². The summed E-state index contributed by atoms with van der Waals surface area (Å²) in [5, 5.41) is 11.4. The van der Waals surface area contributed by atoms with Crippen LogP contribution in [0.3, 0.4) is 0 Å². The van der Waals surface area contributed by atoms with Crippen molar-refractivity contribution in [3.63, 3.8) is 0 Å². The number of carbonyl (C=O) groups excluding carboxylic acids is 1. The molecule has 6 heteroatoms. The van der Waals surface area contributed by atoms with Gasteiger partial charge in [0.25, 0.3) is 0 Å². The molecule has 0 aromatic carbocycles. The quantitative estimate of drug-likeness (QED) is 0.707. The Morgan fingerprint density at radius 2 is 2.31 bits per heavy atom. The second-order valence-electron chi connectivity index (χ2n) is 2.57. The number of nitrogens with zero attached hydrogens (tertiary/aromatic N) is 3. The number of thioether (sulfide) groups is 1. The molecule has 0 radical (unpaired) electrons. The third kappa shape index (κ3) is 2.45. The van der Waals surface area contributed by atoms with Gasteiger partial charge in [-0.3, -0.25) is 4.79 Å². The molecule has 0 unspecified atom stereocenters. The van der Waals surface area contributed by atoms with Crippen molar-refractivity contribution in [2.75, 3.05) is 6.26 Å². The van der Waals surface area contributed by atoms with Crippen LogP contribution < -0.4 is 5.32 Å². The maximum atomic E-state index is 10.6. The maximum Gasteiger partial charge on any atom is 0.217 e. The van der Waals surface area contributed by atoms with Gasteiger partial charge >= 0.3 is 0 Å². The number of hydrogen-bond donors (Lipinski definition) is 1. The molecule has 1 aromatic heterocycles. The number of nitrogens with one attached hydrogen (secondary N) is 1. The van der Waals surface area contributed by atoms with Gasteiger partial charge in [-0.2, -0.15) is 0 Å². The lowest BCUT2D eigenvalue weighted by atomic mass is 10.5. The van der Waals surface area contributed by atoms with Gasteiger partial charge in [-0.25, -0.2) is 0 Å². The molecule has 1 rings (SSSR count). The summed E-state index contributed by atoms with van der Waals surface area (Å²) in [4.78, 5) is 10.6. The van der Waals surface area contributed by atoms with Crippen LogP contribution in [0, 0.1) is 0 Å². The Labute approximate surface area is 80.9 Å². The molecule has 0 saturated heterocycles. The average Bonchev–Trinajstić information content (AvgIpc) is 2.43. The highest BCUT2D eigenvalue weighted by molar-refractivity contribution is 7.98. The van der Waals surface area contributed by atoms with E-state index in [0.29, 0.717) is 6.54 Å². The Balaban J connectivity index is 2.67. The molecule has 0 bridgehead atoms. The number of hydrogen-bond acceptors (Lipinski definition) is 4. The van der Waals surface area contributed by atoms with Crippen molar-refractivity contribution < 1.29 is 4.79 Å². The molecular weight excluding hydrogens is 188 g/mol. The highest BCUT2D eigenvalue weighted by Crippen LogP contribution is 2.10. The van der Waals surface area contributed by atoms with Crippen molar-refractivity contribution >= 4 is 17.7 Å². The SMILES string of the molecule is CSc1nnc(CNC(C)=O)n1C. The van der Waals surface area contributed by atoms with Crippen LogP contribution >= 0.6 is 11.8 Å². The molecule has 0 atom stereocenters. The van der Waals surface area contributed by atoms with Crippen molar-refractivity contribution in [2.24, 2.45) is 7.05 Å². The van der Waals surface area contributed by atoms with Crippen LogP contribution in [-0.4, -0.2) is 26.9 Å². The van der Waals surface area contributed by atoms with Gasteiger partial charge in [0, 0.05) is 14.0 Å². The highest BCUT2D eigenvalue weighted by atomic mass is 32.2. The molecule has 1 N–H and O–H groups in total. The summed E-state index contributed by atoms with van der Waals surface area (Å²) < 4.78 is 1.86. The second kappa shape index (κ2) is 4.27. The summed E-state index contributed by atoms with van der Waals surface area (Å²) in [5.41, 5.74) is 0. The lowest BCUT2D eigenvalue weighted by molar-refractivity contribution is -0.119. The number of rotatable bonds is 3. The van der Waals surface area contributed by atoms with E-state index in [-0.39, 0.29) is 5.91 Å². The molecule has 1 amide bonds. The molecule has 1 heterocycles. The standard InChI is InChI=1S/C7H12N4OS/c1-5(12)8-4-6-9-10-7(13-3)11(6)2/h4H2,1-3H3,(H,8,12). The molecule has 0 aliphatic rings. The minimum atomic E-state index is -0.0614. The minimum Gasteiger partial charge on any atom is -0.349 e. The van der Waals surface area contributed by atoms with Crippen molar-refractivity contribution in [1.29, 1.82) is 0 Å². The van der Waals surface area contributed by atoms with E-state index < -0.39 is 0 Å². The van der Waals surface area contributed by atoms with Crippen LogP contribution in [0.2, 0.25) is 0 Å². The Morgan fingerprint density at radius 1 is 1.62 bits per heavy atom. The Bertz CT molecular complexity index is 309. The molecule has 1 aromatic rings. The van der Waals surface area contributed by atoms with Crippen LogP contribution in [0.5, 0.6) is 0 Å². The van der Waals surface area contributed by atoms with Gasteiger partial charge in [-0.1, -0.05) is 11.8 Å². The molecule has 0 aliphatic carbocycles. The van der Waals surface area contributed by atoms with Crippen molar-refractivity contribution in [2.45, 2.75) is 18.6 Å². The molecule has 0 aliphatic heterocycles. The maximum absolute atomic E-state index is 10.6. The molecule has 5 nitrogen and oxygen atoms in total. The normalized spacial score (nSPS) is 10.1. The van der Waals surface area contributed by atoms with Crippen LogP contribution in [0.4, 0.5) is 0 Å². The van der Waals surface area contributed by atoms with E-state index in [0.717, 1.165) is 11.0 Å². The van der Waals surface area contributed by atoms with Crippen molar-refractivity contribution in [1.82, 2.24) is 20.1 Å². The van der Waals surface area contributed by atoms with Gasteiger partial charge in [-0.05, 0) is 6.26 Å². The third-order valence-corrected chi connectivity index (χ3v) is 2.32. The zero-order valence-electron chi connectivity index (χ0n) is 7.87. The first-order valence-corrected chi connectivity index (χ1v) is 5.04. The number of carbonyl (C=O) groups is 1. The third-order valence-electron chi connectivity index (χ3n) is 1.60. The topological polar surface area (TPSA) is 59.8 Å². The summed E-state index contributed by atoms with van der Waals surface area (Å²) in [6, 6.07) is 0. The van der Waals surface area contributed by atoms with E-state index in [1.54, 1.807) is 0 Å². The van der Waals surface area contributed by atoms with E-state index in [4.69, 9.17) is 0 Å². The fourth-order valence-corrected chi connectivity index (χ4v) is 1.38. The Hall–Kier alpha value is -1.04. The largest absolute Gasteiger partial charge is 0.349 e. The molecule has 13 heavy (non-hydrogen) atoms. The molecule has 0 saturated carbocycles. The van der Waals surface area contributed by atoms with E-state index in [1.165, 1.54) is 18.7 Å². The highest BCUT2D eigenvalue weighted by Gasteiger charge is 2.06. The van der Waals surface area contributed by atoms with Crippen LogP contribution in [0.15, 0.2) is 5.16 Å². The van der Waals surface area contributed by atoms with E-state index >= 15 is 0 Å². The van der Waals surface area contributed by atoms with Crippen LogP contribution in [-0.2, 0) is 18.4 Å². The predicted octanol–water partition coefficient (Wildman–Crippen LogP) is 0.173. The monoisotopic (exact) mass is 200 g/mol. The first-order chi connectivity index (χ1) is 6.15. The molecule has 72 valence electrons.